The smallest absolute Gasteiger partial charge is 0.745 e. The Kier molecular flexibility index (Phi) is 33.6. The topological polar surface area (TPSA) is 501 Å². The van der Waals surface area contributed by atoms with Crippen molar-refractivity contribution in [2.75, 3.05) is 21.3 Å². The van der Waals surface area contributed by atoms with Crippen LogP contribution in [0, 0.1) is 18.2 Å². The first-order valence-corrected chi connectivity index (χ1v) is 32.2. The molecule has 0 saturated carbocycles. The molecule has 11 aromatic rings. The summed E-state index contributed by atoms with van der Waals surface area (Å²) in [6, 6.07) is 32.0. The molecule has 2 aromatic heterocycles. The number of anilines is 8. The molecule has 31 nitrogen and oxygen atoms in total. The fraction of sp³-hybridized carbons (Fsp3) is 0. The second kappa shape index (κ2) is 36.4. The maximum Gasteiger partial charge on any atom is 1.00 e. The van der Waals surface area contributed by atoms with Crippen LogP contribution in [0.25, 0.3) is 43.1 Å². The van der Waals surface area contributed by atoms with E-state index in [0.29, 0.717) is 18.2 Å². The van der Waals surface area contributed by atoms with Gasteiger partial charge in [-0.05, 0) is 77.1 Å². The molecule has 0 fully saturated rings. The van der Waals surface area contributed by atoms with Gasteiger partial charge in [0.15, 0.2) is 5.75 Å². The Bertz CT molecular complexity index is 5590. The average Bonchev–Trinajstić information content (AvgIpc) is 0.860. The summed E-state index contributed by atoms with van der Waals surface area (Å²) >= 11 is 12.6. The van der Waals surface area contributed by atoms with Gasteiger partial charge in [0.25, 0.3) is 0 Å². The van der Waals surface area contributed by atoms with Gasteiger partial charge in [0.05, 0.1) is 21.2 Å². The van der Waals surface area contributed by atoms with Gasteiger partial charge in [-0.3, -0.25) is 0 Å². The Morgan fingerprint density at radius 1 is 0.439 bits per heavy atom. The van der Waals surface area contributed by atoms with Crippen LogP contribution in [0.15, 0.2) is 166 Å². The average molecular weight is 1530 g/mol. The van der Waals surface area contributed by atoms with Crippen molar-refractivity contribution in [2.24, 2.45) is 20.5 Å². The van der Waals surface area contributed by atoms with E-state index in [-0.39, 0.29) is 315 Å². The van der Waals surface area contributed by atoms with Crippen LogP contribution < -0.4 is 258 Å². The third kappa shape index (κ3) is 21.2. The molecule has 0 amide bonds. The third-order valence-electron chi connectivity index (χ3n) is 12.6. The zero-order valence-corrected chi connectivity index (χ0v) is 73.4. The van der Waals surface area contributed by atoms with E-state index in [4.69, 9.17) is 23.2 Å². The van der Waals surface area contributed by atoms with Crippen molar-refractivity contribution in [3.8, 4) is 11.5 Å². The molecule has 0 aliphatic rings. The molecule has 9 aromatic carbocycles. The predicted octanol–water partition coefficient (Wildman–Crippen LogP) is -14.9. The second-order valence-electron chi connectivity index (χ2n) is 18.4. The van der Waals surface area contributed by atoms with E-state index in [2.05, 4.69) is 89.8 Å². The number of azo groups is 2. The minimum atomic E-state index is -5.67. The van der Waals surface area contributed by atoms with Crippen LogP contribution >= 0.6 is 23.2 Å². The zero-order chi connectivity index (χ0) is 64.4. The Hall–Kier alpha value is -1.83. The first-order chi connectivity index (χ1) is 42.3. The number of benzene rings is 9. The van der Waals surface area contributed by atoms with Gasteiger partial charge in [0, 0.05) is 54.3 Å². The normalized spacial score (nSPS) is 11.6. The van der Waals surface area contributed by atoms with E-state index in [9.17, 15) is 75.1 Å². The van der Waals surface area contributed by atoms with E-state index < -0.39 is 131 Å². The van der Waals surface area contributed by atoms with Crippen LogP contribution in [0.4, 0.5) is 69.3 Å². The minimum Gasteiger partial charge on any atom is -0.745 e. The number of phenols is 2. The fourth-order valence-electron chi connectivity index (χ4n) is 8.87. The molecule has 0 aliphatic heterocycles. The summed E-state index contributed by atoms with van der Waals surface area (Å²) in [7, 11) is -26.4. The van der Waals surface area contributed by atoms with Gasteiger partial charge in [-0.2, -0.15) is 57.4 Å². The molecule has 0 spiro atoms. The van der Waals surface area contributed by atoms with Crippen LogP contribution in [-0.4, -0.2) is 105 Å². The molecular weight excluding hydrogens is 1510 g/mol. The fourth-order valence-corrected chi connectivity index (χ4v) is 12.4. The van der Waals surface area contributed by atoms with Crippen molar-refractivity contribution in [2.45, 2.75) is 24.5 Å². The van der Waals surface area contributed by atoms with Crippen molar-refractivity contribution in [3.05, 3.63) is 150 Å². The minimum absolute atomic E-state index is 0. The molecule has 6 N–H and O–H groups in total. The zero-order valence-electron chi connectivity index (χ0n) is 51.8. The van der Waals surface area contributed by atoms with Crippen molar-refractivity contribution in [3.63, 3.8) is 0 Å². The Balaban J connectivity index is 0.00000312. The molecule has 0 unspecified atom stereocenters. The molecule has 0 aliphatic carbocycles. The number of rotatable bonds is 17. The molecule has 46 heteroatoms. The third-order valence-corrected chi connectivity index (χ3v) is 17.2. The van der Waals surface area contributed by atoms with Gasteiger partial charge in [0.1, 0.15) is 56.3 Å². The number of aromatic hydroxyl groups is 2. The summed E-state index contributed by atoms with van der Waals surface area (Å²) in [6.07, 6.45) is 0. The van der Waals surface area contributed by atoms with Gasteiger partial charge >= 0.3 is 236 Å². The van der Waals surface area contributed by atoms with Crippen molar-refractivity contribution in [1.82, 2.24) is 29.9 Å². The number of hydrogen-bond donors (Lipinski definition) is 6. The van der Waals surface area contributed by atoms with Gasteiger partial charge in [-0.25, -0.2) is 42.1 Å². The maximum absolute atomic E-state index is 12.7. The molecule has 0 saturated heterocycles. The Morgan fingerprint density at radius 2 is 0.949 bits per heavy atom. The monoisotopic (exact) mass is 1530 g/mol. The van der Waals surface area contributed by atoms with E-state index in [1.165, 1.54) is 78.9 Å². The van der Waals surface area contributed by atoms with Gasteiger partial charge in [0.2, 0.25) is 34.4 Å². The number of fused-ring (bicyclic) bond motifs is 4. The maximum atomic E-state index is 12.7. The number of nitrogens with zero attached hydrogens (tertiary/aromatic N) is 10. The first-order valence-electron chi connectivity index (χ1n) is 24.4. The quantitative estimate of drug-likeness (QED) is 0.0213. The molecule has 98 heavy (non-hydrogen) atoms. The van der Waals surface area contributed by atoms with E-state index in [1.54, 1.807) is 0 Å². The number of aromatic nitrogens is 6. The number of hydrogen-bond acceptors (Lipinski definition) is 31. The molecule has 458 valence electrons. The van der Waals surface area contributed by atoms with Crippen LogP contribution in [0.5, 0.6) is 11.5 Å². The number of phenolic OH excluding ortho intramolecular Hbond substituents is 2. The van der Waals surface area contributed by atoms with E-state index >= 15 is 0 Å². The van der Waals surface area contributed by atoms with Crippen LogP contribution in [0.2, 0.25) is 10.6 Å². The van der Waals surface area contributed by atoms with E-state index in [0.717, 1.165) is 24.3 Å². The predicted molar refractivity (Wildman–Crippen MR) is 313 cm³/mol. The van der Waals surface area contributed by atoms with Gasteiger partial charge in [-0.15, -0.1) is 81.9 Å². The van der Waals surface area contributed by atoms with Crippen molar-refractivity contribution in [1.29, 1.82) is 0 Å². The SMILES string of the molecule is O=S(=O)([O-])c1cc(Nc2nc(Cl)nc(Nc3ccc(Nc4nc(Cl)nc(Nc5cc(S(=O)(=O)[O-])cc6cc(S(=O)(=O)[O-])c(N=Nc7ccc8[c-]cccc8c7S(=O)(=O)[O-])c(O)c56)n4)cc3)n2)c2c(O)c(N=Nc3[c-]c4cccc(S(=O)(=O)[O-])c4cc3)[c-]cc2c1.[Na+].[Na+].[Na+].[Na+].[Na+].[Na+].[Na+].[Na+]. The Morgan fingerprint density at radius 3 is 1.46 bits per heavy atom. The molecule has 11 rings (SSSR count). The van der Waals surface area contributed by atoms with Crippen LogP contribution in [0.3, 0.4) is 0 Å². The number of halogens is 2. The van der Waals surface area contributed by atoms with Crippen molar-refractivity contribution < 1.29 is 312 Å². The van der Waals surface area contributed by atoms with Crippen LogP contribution in [0.1, 0.15) is 0 Å². The summed E-state index contributed by atoms with van der Waals surface area (Å²) in [5, 5.41) is 47.9. The molecule has 2 heterocycles. The van der Waals surface area contributed by atoms with Gasteiger partial charge < -0.3 is 54.2 Å². The largest absolute Gasteiger partial charge is 1.00 e. The first kappa shape index (κ1) is 90.4. The summed E-state index contributed by atoms with van der Waals surface area (Å²) in [5.41, 5.74) is -2.28. The number of nitrogens with one attached hydrogen (secondary N) is 4. The Labute approximate surface area is 743 Å². The van der Waals surface area contributed by atoms with Gasteiger partial charge in [-0.1, -0.05) is 34.4 Å². The molecular formula is C52H26Cl2N14Na8O17S5. The molecule has 0 radical (unpaired) electrons. The summed E-state index contributed by atoms with van der Waals surface area (Å²) in [4.78, 5) is 20.1. The molecule has 0 atom stereocenters. The van der Waals surface area contributed by atoms with E-state index in [1.807, 2.05) is 0 Å². The summed E-state index contributed by atoms with van der Waals surface area (Å²) < 4.78 is 185. The van der Waals surface area contributed by atoms with Crippen LogP contribution in [-0.2, 0) is 50.6 Å². The standard InChI is InChI=1S/C52H31Cl2N14O17S5.8Na/c53-47-59-49(63-51(61-47)57-37-22-31(86(71,72)73)19-26-9-16-35(44(69)41(26)37)66-65-30-14-15-33-25(18-30)5-3-7-39(33)88(77,78)79)55-28-10-12-29(13-11-28)56-50-60-48(54)62-52(64-50)58-38-23-32(87(74,75)76)20-27-21-40(89(80,81)82)43(45(70)42(27)38)68-67-36-17-8-24-4-1-2-6-34(24)46(36)90(83,84)85;;;;;;;;/h1-3,5-15,17,19-23,69-70H,(H,71,72,73)(H,74,75,76)(H,77,78,79)(H,80,81,82)(H,83,84,85)(H2,55,57,59,61,63)(H2,56,58,60,62,64);;;;;;;;/q-3;8*+1/p-5. The second-order valence-corrected chi connectivity index (χ2v) is 25.9. The van der Waals surface area contributed by atoms with Crippen molar-refractivity contribution >= 4 is 186 Å². The summed E-state index contributed by atoms with van der Waals surface area (Å²) in [6.45, 7) is 0. The summed E-state index contributed by atoms with van der Waals surface area (Å²) in [5.74, 6) is -3.20. The molecule has 0 bridgehead atoms.